The highest BCUT2D eigenvalue weighted by atomic mass is 15.3. The van der Waals surface area contributed by atoms with E-state index in [2.05, 4.69) is 29.6 Å². The van der Waals surface area contributed by atoms with Crippen LogP contribution < -0.4 is 10.6 Å². The van der Waals surface area contributed by atoms with Crippen LogP contribution >= 0.6 is 0 Å². The number of rotatable bonds is 7. The first-order chi connectivity index (χ1) is 9.78. The largest absolute Gasteiger partial charge is 0.357 e. The van der Waals surface area contributed by atoms with Crippen LogP contribution in [0.1, 0.15) is 39.5 Å². The van der Waals surface area contributed by atoms with Gasteiger partial charge in [-0.1, -0.05) is 13.3 Å². The molecule has 1 heterocycles. The smallest absolute Gasteiger partial charge is 0.191 e. The molecule has 2 rings (SSSR count). The van der Waals surface area contributed by atoms with Gasteiger partial charge in [0.2, 0.25) is 0 Å². The lowest BCUT2D eigenvalue weighted by atomic mass is 9.67. The third-order valence-electron chi connectivity index (χ3n) is 4.27. The molecule has 1 aliphatic rings. The molecule has 1 aliphatic carbocycles. The van der Waals surface area contributed by atoms with Crippen molar-refractivity contribution in [3.63, 3.8) is 0 Å². The highest BCUT2D eigenvalue weighted by molar-refractivity contribution is 5.79. The van der Waals surface area contributed by atoms with Crippen molar-refractivity contribution in [2.45, 2.75) is 46.1 Å². The van der Waals surface area contributed by atoms with Gasteiger partial charge in [0, 0.05) is 32.0 Å². The van der Waals surface area contributed by atoms with Gasteiger partial charge in [-0.3, -0.25) is 9.67 Å². The standard InChI is InChI=1S/C15H27N5/c1-3-15(7-5-8-15)13-18-14(16-4-2)17-10-12-20-11-6-9-19-20/h6,9,11H,3-5,7-8,10,12-13H2,1-2H3,(H2,16,17,18). The molecule has 0 radical (unpaired) electrons. The molecule has 0 atom stereocenters. The molecule has 1 saturated carbocycles. The topological polar surface area (TPSA) is 54.2 Å². The third-order valence-corrected chi connectivity index (χ3v) is 4.27. The minimum Gasteiger partial charge on any atom is -0.357 e. The van der Waals surface area contributed by atoms with Gasteiger partial charge in [-0.2, -0.15) is 5.10 Å². The van der Waals surface area contributed by atoms with E-state index in [-0.39, 0.29) is 0 Å². The lowest BCUT2D eigenvalue weighted by molar-refractivity contribution is 0.139. The van der Waals surface area contributed by atoms with Crippen LogP contribution in [0.4, 0.5) is 0 Å². The number of nitrogens with one attached hydrogen (secondary N) is 2. The molecule has 5 nitrogen and oxygen atoms in total. The lowest BCUT2D eigenvalue weighted by Gasteiger charge is -2.40. The molecule has 1 aromatic rings. The molecular formula is C15H27N5. The molecule has 1 fully saturated rings. The predicted octanol–water partition coefficient (Wildman–Crippen LogP) is 2.02. The Hall–Kier alpha value is -1.52. The molecule has 0 saturated heterocycles. The van der Waals surface area contributed by atoms with Gasteiger partial charge in [-0.05, 0) is 37.7 Å². The van der Waals surface area contributed by atoms with E-state index in [1.54, 1.807) is 6.20 Å². The van der Waals surface area contributed by atoms with E-state index in [4.69, 9.17) is 4.99 Å². The van der Waals surface area contributed by atoms with Gasteiger partial charge in [-0.15, -0.1) is 0 Å². The van der Waals surface area contributed by atoms with Gasteiger partial charge in [0.05, 0.1) is 6.54 Å². The van der Waals surface area contributed by atoms with Crippen molar-refractivity contribution in [1.29, 1.82) is 0 Å². The zero-order valence-electron chi connectivity index (χ0n) is 12.7. The molecule has 0 bridgehead atoms. The second-order valence-electron chi connectivity index (χ2n) is 5.60. The summed E-state index contributed by atoms with van der Waals surface area (Å²) in [7, 11) is 0. The van der Waals surface area contributed by atoms with Crippen LogP contribution in [0, 0.1) is 5.41 Å². The Morgan fingerprint density at radius 1 is 1.35 bits per heavy atom. The van der Waals surface area contributed by atoms with E-state index in [1.807, 2.05) is 16.9 Å². The Labute approximate surface area is 121 Å². The first-order valence-corrected chi connectivity index (χ1v) is 7.77. The van der Waals surface area contributed by atoms with Crippen molar-refractivity contribution in [1.82, 2.24) is 20.4 Å². The van der Waals surface area contributed by atoms with E-state index < -0.39 is 0 Å². The summed E-state index contributed by atoms with van der Waals surface area (Å²) in [6, 6.07) is 1.95. The molecule has 0 unspecified atom stereocenters. The summed E-state index contributed by atoms with van der Waals surface area (Å²) in [6.45, 7) is 7.92. The summed E-state index contributed by atoms with van der Waals surface area (Å²) < 4.78 is 1.93. The molecular weight excluding hydrogens is 250 g/mol. The predicted molar refractivity (Wildman–Crippen MR) is 82.8 cm³/mol. The van der Waals surface area contributed by atoms with Crippen molar-refractivity contribution < 1.29 is 0 Å². The van der Waals surface area contributed by atoms with Crippen LogP contribution in [0.5, 0.6) is 0 Å². The van der Waals surface area contributed by atoms with Crippen molar-refractivity contribution in [3.05, 3.63) is 18.5 Å². The number of hydrogen-bond donors (Lipinski definition) is 2. The van der Waals surface area contributed by atoms with Crippen LogP contribution in [-0.2, 0) is 6.54 Å². The van der Waals surface area contributed by atoms with Crippen molar-refractivity contribution in [3.8, 4) is 0 Å². The van der Waals surface area contributed by atoms with Gasteiger partial charge in [-0.25, -0.2) is 0 Å². The fourth-order valence-corrected chi connectivity index (χ4v) is 2.61. The van der Waals surface area contributed by atoms with Crippen LogP contribution in [0.2, 0.25) is 0 Å². The zero-order chi connectivity index (χ0) is 14.3. The molecule has 1 aromatic heterocycles. The normalized spacial score (nSPS) is 17.6. The molecule has 2 N–H and O–H groups in total. The maximum atomic E-state index is 4.76. The second-order valence-corrected chi connectivity index (χ2v) is 5.60. The SMILES string of the molecule is CCNC(=NCC1(CC)CCC1)NCCn1cccn1. The Bertz CT molecular complexity index is 400. The van der Waals surface area contributed by atoms with Gasteiger partial charge in [0.1, 0.15) is 0 Å². The molecule has 20 heavy (non-hydrogen) atoms. The van der Waals surface area contributed by atoms with Gasteiger partial charge < -0.3 is 10.6 Å². The summed E-state index contributed by atoms with van der Waals surface area (Å²) in [5.41, 5.74) is 0.477. The quantitative estimate of drug-likeness (QED) is 0.592. The average Bonchev–Trinajstić information content (AvgIpc) is 2.91. The number of aromatic nitrogens is 2. The highest BCUT2D eigenvalue weighted by Gasteiger charge is 2.34. The van der Waals surface area contributed by atoms with Crippen LogP contribution in [-0.4, -0.2) is 35.4 Å². The van der Waals surface area contributed by atoms with Crippen molar-refractivity contribution in [2.75, 3.05) is 19.6 Å². The van der Waals surface area contributed by atoms with E-state index in [9.17, 15) is 0 Å². The average molecular weight is 277 g/mol. The van der Waals surface area contributed by atoms with Gasteiger partial charge >= 0.3 is 0 Å². The zero-order valence-corrected chi connectivity index (χ0v) is 12.7. The monoisotopic (exact) mass is 277 g/mol. The summed E-state index contributed by atoms with van der Waals surface area (Å²) >= 11 is 0. The fraction of sp³-hybridized carbons (Fsp3) is 0.733. The molecule has 112 valence electrons. The number of aliphatic imine (C=N–C) groups is 1. The molecule has 5 heteroatoms. The van der Waals surface area contributed by atoms with Crippen LogP contribution in [0.15, 0.2) is 23.5 Å². The van der Waals surface area contributed by atoms with Gasteiger partial charge in [0.15, 0.2) is 5.96 Å². The number of guanidine groups is 1. The third kappa shape index (κ3) is 3.99. The minimum absolute atomic E-state index is 0.477. The van der Waals surface area contributed by atoms with E-state index in [0.717, 1.165) is 32.1 Å². The molecule has 0 amide bonds. The summed E-state index contributed by atoms with van der Waals surface area (Å²) in [4.78, 5) is 4.76. The highest BCUT2D eigenvalue weighted by Crippen LogP contribution is 2.43. The maximum absolute atomic E-state index is 4.76. The Morgan fingerprint density at radius 3 is 2.75 bits per heavy atom. The number of nitrogens with zero attached hydrogens (tertiary/aromatic N) is 3. The summed E-state index contributed by atoms with van der Waals surface area (Å²) in [5, 5.41) is 10.9. The van der Waals surface area contributed by atoms with E-state index in [1.165, 1.54) is 25.7 Å². The van der Waals surface area contributed by atoms with Gasteiger partial charge in [0.25, 0.3) is 0 Å². The minimum atomic E-state index is 0.477. The van der Waals surface area contributed by atoms with Crippen LogP contribution in [0.25, 0.3) is 0 Å². The van der Waals surface area contributed by atoms with Crippen molar-refractivity contribution >= 4 is 5.96 Å². The number of hydrogen-bond acceptors (Lipinski definition) is 2. The first-order valence-electron chi connectivity index (χ1n) is 7.77. The van der Waals surface area contributed by atoms with Crippen molar-refractivity contribution in [2.24, 2.45) is 10.4 Å². The molecule has 0 spiro atoms. The fourth-order valence-electron chi connectivity index (χ4n) is 2.61. The van der Waals surface area contributed by atoms with E-state index >= 15 is 0 Å². The van der Waals surface area contributed by atoms with Crippen LogP contribution in [0.3, 0.4) is 0 Å². The summed E-state index contributed by atoms with van der Waals surface area (Å²) in [6.07, 6.45) is 9.06. The second kappa shape index (κ2) is 7.31. The maximum Gasteiger partial charge on any atom is 0.191 e. The summed E-state index contributed by atoms with van der Waals surface area (Å²) in [5.74, 6) is 0.930. The first kappa shape index (κ1) is 14.9. The Balaban J connectivity index is 1.79. The molecule has 0 aliphatic heterocycles. The van der Waals surface area contributed by atoms with E-state index in [0.29, 0.717) is 5.41 Å². The molecule has 0 aromatic carbocycles. The Kier molecular flexibility index (Phi) is 5.44. The Morgan fingerprint density at radius 2 is 2.20 bits per heavy atom. The lowest BCUT2D eigenvalue weighted by Crippen LogP contribution is -2.40.